The van der Waals surface area contributed by atoms with Gasteiger partial charge in [0.1, 0.15) is 0 Å². The summed E-state index contributed by atoms with van der Waals surface area (Å²) in [6.45, 7) is 4.14. The Hall–Kier alpha value is -0.740. The van der Waals surface area contributed by atoms with Crippen LogP contribution < -0.4 is 4.31 Å². The number of sulfonamides is 1. The summed E-state index contributed by atoms with van der Waals surface area (Å²) in [6, 6.07) is 7.43. The van der Waals surface area contributed by atoms with Crippen LogP contribution in [-0.4, -0.2) is 26.6 Å². The Bertz CT molecular complexity index is 445. The van der Waals surface area contributed by atoms with Gasteiger partial charge in [0.15, 0.2) is 0 Å². The molecule has 0 saturated carbocycles. The molecule has 0 spiro atoms. The van der Waals surface area contributed by atoms with E-state index in [0.717, 1.165) is 11.3 Å². The lowest BCUT2D eigenvalue weighted by Gasteiger charge is -2.24. The fourth-order valence-corrected chi connectivity index (χ4v) is 3.47. The van der Waals surface area contributed by atoms with E-state index in [-0.39, 0.29) is 11.6 Å². The van der Waals surface area contributed by atoms with Crippen molar-refractivity contribution in [3.05, 3.63) is 29.8 Å². The van der Waals surface area contributed by atoms with Crippen LogP contribution in [0, 0.1) is 6.92 Å². The molecule has 0 radical (unpaired) electrons. The topological polar surface area (TPSA) is 37.4 Å². The van der Waals surface area contributed by atoms with Crippen LogP contribution in [0.3, 0.4) is 0 Å². The van der Waals surface area contributed by atoms with Gasteiger partial charge < -0.3 is 0 Å². The second-order valence-corrected chi connectivity index (χ2v) is 5.85. The van der Waals surface area contributed by atoms with Gasteiger partial charge in [0.25, 0.3) is 0 Å². The molecule has 3 nitrogen and oxygen atoms in total. The first-order valence-corrected chi connectivity index (χ1v) is 7.29. The number of anilines is 1. The van der Waals surface area contributed by atoms with Crippen molar-refractivity contribution >= 4 is 27.3 Å². The first-order chi connectivity index (χ1) is 7.53. The Morgan fingerprint density at radius 2 is 1.94 bits per heavy atom. The van der Waals surface area contributed by atoms with E-state index in [1.165, 1.54) is 4.31 Å². The molecule has 5 heteroatoms. The van der Waals surface area contributed by atoms with Gasteiger partial charge in [-0.25, -0.2) is 8.42 Å². The van der Waals surface area contributed by atoms with E-state index in [9.17, 15) is 8.42 Å². The average Bonchev–Trinajstić information content (AvgIpc) is 2.21. The summed E-state index contributed by atoms with van der Waals surface area (Å²) in [5.74, 6) is 0.0848. The third kappa shape index (κ3) is 2.89. The van der Waals surface area contributed by atoms with E-state index in [0.29, 0.717) is 6.54 Å². The zero-order valence-electron chi connectivity index (χ0n) is 9.48. The fraction of sp³-hybridized carbons (Fsp3) is 0.455. The summed E-state index contributed by atoms with van der Waals surface area (Å²) < 4.78 is 25.3. The molecule has 0 aliphatic rings. The molecule has 1 rings (SSSR count). The molecule has 0 heterocycles. The zero-order valence-corrected chi connectivity index (χ0v) is 11.1. The van der Waals surface area contributed by atoms with Crippen molar-refractivity contribution in [3.8, 4) is 0 Å². The number of halogens is 1. The fourth-order valence-electron chi connectivity index (χ4n) is 1.57. The van der Waals surface area contributed by atoms with E-state index < -0.39 is 10.0 Å². The maximum atomic E-state index is 12.0. The van der Waals surface area contributed by atoms with Crippen LogP contribution in [0.4, 0.5) is 5.69 Å². The van der Waals surface area contributed by atoms with E-state index in [2.05, 4.69) is 0 Å². The Balaban J connectivity index is 3.14. The van der Waals surface area contributed by atoms with Gasteiger partial charge in [-0.05, 0) is 25.5 Å². The van der Waals surface area contributed by atoms with Gasteiger partial charge in [-0.3, -0.25) is 4.31 Å². The Kier molecular flexibility index (Phi) is 4.62. The lowest BCUT2D eigenvalue weighted by atomic mass is 10.2. The third-order valence-electron chi connectivity index (χ3n) is 2.34. The first-order valence-electron chi connectivity index (χ1n) is 5.15. The molecule has 90 valence electrons. The normalized spacial score (nSPS) is 11.4. The number of hydrogen-bond acceptors (Lipinski definition) is 2. The van der Waals surface area contributed by atoms with Crippen LogP contribution in [0.1, 0.15) is 12.5 Å². The van der Waals surface area contributed by atoms with Gasteiger partial charge in [0.2, 0.25) is 10.0 Å². The van der Waals surface area contributed by atoms with Crippen LogP contribution >= 0.6 is 11.6 Å². The maximum absolute atomic E-state index is 12.0. The standard InChI is InChI=1S/C11H16ClNO2S/c1-3-13(16(14,15)9-8-12)11-7-5-4-6-10(11)2/h4-7H,3,8-9H2,1-2H3. The van der Waals surface area contributed by atoms with Crippen LogP contribution in [0.25, 0.3) is 0 Å². The third-order valence-corrected chi connectivity index (χ3v) is 4.60. The summed E-state index contributed by atoms with van der Waals surface area (Å²) in [6.07, 6.45) is 0. The smallest absolute Gasteiger partial charge is 0.236 e. The van der Waals surface area contributed by atoms with Crippen LogP contribution in [-0.2, 0) is 10.0 Å². The van der Waals surface area contributed by atoms with Crippen LogP contribution in [0.15, 0.2) is 24.3 Å². The SMILES string of the molecule is CCN(c1ccccc1C)S(=O)(=O)CCCl. The number of para-hydroxylation sites is 1. The Morgan fingerprint density at radius 3 is 2.44 bits per heavy atom. The molecule has 0 amide bonds. The predicted octanol–water partition coefficient (Wildman–Crippen LogP) is 2.39. The molecule has 0 atom stereocenters. The van der Waals surface area contributed by atoms with E-state index in [1.807, 2.05) is 38.1 Å². The van der Waals surface area contributed by atoms with Gasteiger partial charge in [-0.15, -0.1) is 11.6 Å². The summed E-state index contributed by atoms with van der Waals surface area (Å²) in [5, 5.41) is 0. The minimum absolute atomic E-state index is 0.0310. The Morgan fingerprint density at radius 1 is 1.31 bits per heavy atom. The molecule has 0 unspecified atom stereocenters. The lowest BCUT2D eigenvalue weighted by molar-refractivity contribution is 0.593. The van der Waals surface area contributed by atoms with E-state index >= 15 is 0 Å². The van der Waals surface area contributed by atoms with Crippen molar-refractivity contribution < 1.29 is 8.42 Å². The number of alkyl halides is 1. The number of aryl methyl sites for hydroxylation is 1. The highest BCUT2D eigenvalue weighted by Gasteiger charge is 2.21. The summed E-state index contributed by atoms with van der Waals surface area (Å²) in [7, 11) is -3.30. The van der Waals surface area contributed by atoms with Crippen molar-refractivity contribution in [2.24, 2.45) is 0 Å². The molecular weight excluding hydrogens is 246 g/mol. The summed E-state index contributed by atoms with van der Waals surface area (Å²) in [4.78, 5) is 0. The second-order valence-electron chi connectivity index (χ2n) is 3.46. The average molecular weight is 262 g/mol. The lowest BCUT2D eigenvalue weighted by Crippen LogP contribution is -2.33. The largest absolute Gasteiger partial charge is 0.270 e. The molecule has 0 bridgehead atoms. The Labute approximate surface area is 102 Å². The highest BCUT2D eigenvalue weighted by atomic mass is 35.5. The van der Waals surface area contributed by atoms with Gasteiger partial charge in [-0.1, -0.05) is 18.2 Å². The molecular formula is C11H16ClNO2S. The van der Waals surface area contributed by atoms with Crippen LogP contribution in [0.5, 0.6) is 0 Å². The zero-order chi connectivity index (χ0) is 12.2. The summed E-state index contributed by atoms with van der Waals surface area (Å²) in [5.41, 5.74) is 1.68. The van der Waals surface area contributed by atoms with Gasteiger partial charge in [0, 0.05) is 12.4 Å². The van der Waals surface area contributed by atoms with E-state index in [4.69, 9.17) is 11.6 Å². The van der Waals surface area contributed by atoms with Crippen molar-refractivity contribution in [1.29, 1.82) is 0 Å². The minimum atomic E-state index is -3.30. The molecule has 0 saturated heterocycles. The predicted molar refractivity (Wildman–Crippen MR) is 68.7 cm³/mol. The van der Waals surface area contributed by atoms with Crippen molar-refractivity contribution in [1.82, 2.24) is 0 Å². The molecule has 0 aromatic heterocycles. The van der Waals surface area contributed by atoms with Crippen molar-refractivity contribution in [2.75, 3.05) is 22.5 Å². The molecule has 16 heavy (non-hydrogen) atoms. The van der Waals surface area contributed by atoms with Gasteiger partial charge >= 0.3 is 0 Å². The van der Waals surface area contributed by atoms with Gasteiger partial charge in [0.05, 0.1) is 11.4 Å². The number of rotatable bonds is 5. The van der Waals surface area contributed by atoms with Crippen molar-refractivity contribution in [3.63, 3.8) is 0 Å². The maximum Gasteiger partial charge on any atom is 0.236 e. The summed E-state index contributed by atoms with van der Waals surface area (Å²) >= 11 is 5.51. The van der Waals surface area contributed by atoms with Crippen LogP contribution in [0.2, 0.25) is 0 Å². The molecule has 0 N–H and O–H groups in total. The molecule has 0 fully saturated rings. The quantitative estimate of drug-likeness (QED) is 0.764. The molecule has 1 aromatic rings. The minimum Gasteiger partial charge on any atom is -0.270 e. The number of benzene rings is 1. The molecule has 0 aliphatic carbocycles. The number of nitrogens with zero attached hydrogens (tertiary/aromatic N) is 1. The number of hydrogen-bond donors (Lipinski definition) is 0. The van der Waals surface area contributed by atoms with Gasteiger partial charge in [-0.2, -0.15) is 0 Å². The highest BCUT2D eigenvalue weighted by Crippen LogP contribution is 2.22. The highest BCUT2D eigenvalue weighted by molar-refractivity contribution is 7.92. The van der Waals surface area contributed by atoms with Crippen molar-refractivity contribution in [2.45, 2.75) is 13.8 Å². The molecule has 1 aromatic carbocycles. The first kappa shape index (κ1) is 13.3. The second kappa shape index (κ2) is 5.55. The molecule has 0 aliphatic heterocycles. The monoisotopic (exact) mass is 261 g/mol. The van der Waals surface area contributed by atoms with E-state index in [1.54, 1.807) is 0 Å².